The predicted molar refractivity (Wildman–Crippen MR) is 38.8 cm³/mol. The topological polar surface area (TPSA) is 50.7 Å². The van der Waals surface area contributed by atoms with Gasteiger partial charge in [0.1, 0.15) is 0 Å². The molecule has 0 aromatic heterocycles. The Bertz CT molecular complexity index is 144. The number of hydrogen-bond donors (Lipinski definition) is 1. The molecule has 0 amide bonds. The van der Waals surface area contributed by atoms with Crippen LogP contribution < -0.4 is 5.84 Å². The fraction of sp³-hybridized carbons (Fsp3) is 0.667. The van der Waals surface area contributed by atoms with E-state index in [1.165, 1.54) is 12.8 Å². The van der Waals surface area contributed by atoms with Crippen LogP contribution in [-0.4, -0.2) is 19.0 Å². The minimum absolute atomic E-state index is 0.655. The number of hydrazone groups is 1. The number of hydrogen-bond acceptors (Lipinski definition) is 3. The molecule has 1 aliphatic carbocycles. The van der Waals surface area contributed by atoms with Crippen LogP contribution >= 0.6 is 0 Å². The van der Waals surface area contributed by atoms with E-state index in [1.54, 1.807) is 13.3 Å². The minimum Gasteiger partial charge on any atom is -0.323 e. The fourth-order valence-electron chi connectivity index (χ4n) is 0.801. The van der Waals surface area contributed by atoms with E-state index in [0.717, 1.165) is 5.71 Å². The molecule has 1 aliphatic rings. The molecular weight excluding hydrogens is 114 g/mol. The zero-order valence-electron chi connectivity index (χ0n) is 5.54. The van der Waals surface area contributed by atoms with Gasteiger partial charge in [0.05, 0.1) is 11.9 Å². The maximum absolute atomic E-state index is 4.96. The lowest BCUT2D eigenvalue weighted by Gasteiger charge is -1.90. The monoisotopic (exact) mass is 125 g/mol. The molecule has 0 bridgehead atoms. The second-order valence-electron chi connectivity index (χ2n) is 2.20. The Morgan fingerprint density at radius 3 is 2.67 bits per heavy atom. The van der Waals surface area contributed by atoms with E-state index in [4.69, 9.17) is 5.84 Å². The highest BCUT2D eigenvalue weighted by Crippen LogP contribution is 2.29. The van der Waals surface area contributed by atoms with Crippen molar-refractivity contribution in [3.63, 3.8) is 0 Å². The highest BCUT2D eigenvalue weighted by Gasteiger charge is 2.25. The molecule has 50 valence electrons. The molecule has 0 heterocycles. The summed E-state index contributed by atoms with van der Waals surface area (Å²) in [5, 5.41) is 3.41. The Morgan fingerprint density at radius 2 is 2.33 bits per heavy atom. The minimum atomic E-state index is 0.655. The summed E-state index contributed by atoms with van der Waals surface area (Å²) in [5.74, 6) is 5.61. The lowest BCUT2D eigenvalue weighted by Crippen LogP contribution is -2.03. The summed E-state index contributed by atoms with van der Waals surface area (Å²) < 4.78 is 0. The van der Waals surface area contributed by atoms with Crippen molar-refractivity contribution in [2.24, 2.45) is 21.9 Å². The normalized spacial score (nSPS) is 21.2. The average Bonchev–Trinajstić information content (AvgIpc) is 2.64. The molecule has 0 unspecified atom stereocenters. The molecule has 0 aromatic carbocycles. The molecule has 9 heavy (non-hydrogen) atoms. The van der Waals surface area contributed by atoms with Gasteiger partial charge in [0, 0.05) is 13.0 Å². The van der Waals surface area contributed by atoms with Crippen molar-refractivity contribution in [2.75, 3.05) is 7.05 Å². The first-order valence-electron chi connectivity index (χ1n) is 3.08. The molecule has 0 atom stereocenters. The molecule has 0 aliphatic heterocycles. The summed E-state index contributed by atoms with van der Waals surface area (Å²) in [6, 6.07) is 0. The zero-order valence-corrected chi connectivity index (χ0v) is 5.54. The van der Waals surface area contributed by atoms with Gasteiger partial charge in [-0.1, -0.05) is 0 Å². The molecule has 1 saturated carbocycles. The Balaban J connectivity index is 2.48. The number of aliphatic imine (C=N–C) groups is 1. The summed E-state index contributed by atoms with van der Waals surface area (Å²) in [6.07, 6.45) is 4.13. The molecule has 1 fully saturated rings. The highest BCUT2D eigenvalue weighted by atomic mass is 15.1. The predicted octanol–water partition coefficient (Wildman–Crippen LogP) is 0.412. The summed E-state index contributed by atoms with van der Waals surface area (Å²) in [4.78, 5) is 4.03. The van der Waals surface area contributed by atoms with E-state index in [-0.39, 0.29) is 0 Å². The van der Waals surface area contributed by atoms with Gasteiger partial charge < -0.3 is 5.84 Å². The van der Waals surface area contributed by atoms with Gasteiger partial charge >= 0.3 is 0 Å². The third kappa shape index (κ3) is 1.52. The zero-order chi connectivity index (χ0) is 6.69. The molecule has 1 rings (SSSR count). The van der Waals surface area contributed by atoms with E-state index in [2.05, 4.69) is 10.1 Å². The first kappa shape index (κ1) is 6.26. The van der Waals surface area contributed by atoms with Crippen molar-refractivity contribution < 1.29 is 0 Å². The van der Waals surface area contributed by atoms with Crippen LogP contribution in [0.2, 0.25) is 0 Å². The maximum atomic E-state index is 4.96. The molecule has 0 radical (unpaired) electrons. The van der Waals surface area contributed by atoms with E-state index in [0.29, 0.717) is 5.92 Å². The second-order valence-corrected chi connectivity index (χ2v) is 2.20. The maximum Gasteiger partial charge on any atom is 0.0678 e. The third-order valence-electron chi connectivity index (χ3n) is 1.46. The highest BCUT2D eigenvalue weighted by molar-refractivity contribution is 6.32. The first-order chi connectivity index (χ1) is 4.38. The van der Waals surface area contributed by atoms with Crippen LogP contribution in [0, 0.1) is 5.92 Å². The van der Waals surface area contributed by atoms with Gasteiger partial charge in [-0.15, -0.1) is 0 Å². The van der Waals surface area contributed by atoms with Gasteiger partial charge in [0.2, 0.25) is 0 Å². The van der Waals surface area contributed by atoms with Gasteiger partial charge in [-0.25, -0.2) is 0 Å². The van der Waals surface area contributed by atoms with Gasteiger partial charge in [0.15, 0.2) is 0 Å². The van der Waals surface area contributed by atoms with Crippen LogP contribution in [0.4, 0.5) is 0 Å². The SMILES string of the molecule is CN=C(C=NN)C1CC1. The lowest BCUT2D eigenvalue weighted by molar-refractivity contribution is 1.18. The van der Waals surface area contributed by atoms with Crippen molar-refractivity contribution in [3.8, 4) is 0 Å². The van der Waals surface area contributed by atoms with E-state index < -0.39 is 0 Å². The molecule has 0 spiro atoms. The Morgan fingerprint density at radius 1 is 1.67 bits per heavy atom. The fourth-order valence-corrected chi connectivity index (χ4v) is 0.801. The van der Waals surface area contributed by atoms with Gasteiger partial charge in [-0.3, -0.25) is 4.99 Å². The van der Waals surface area contributed by atoms with Crippen molar-refractivity contribution in [3.05, 3.63) is 0 Å². The molecule has 3 heteroatoms. The first-order valence-corrected chi connectivity index (χ1v) is 3.08. The summed E-state index contributed by atoms with van der Waals surface area (Å²) in [7, 11) is 1.77. The second kappa shape index (κ2) is 2.62. The van der Waals surface area contributed by atoms with Crippen LogP contribution in [0.5, 0.6) is 0 Å². The van der Waals surface area contributed by atoms with Crippen LogP contribution in [0.25, 0.3) is 0 Å². The molecule has 2 N–H and O–H groups in total. The van der Waals surface area contributed by atoms with Crippen LogP contribution in [0.15, 0.2) is 10.1 Å². The molecule has 0 aromatic rings. The smallest absolute Gasteiger partial charge is 0.0678 e. The number of nitrogens with zero attached hydrogens (tertiary/aromatic N) is 2. The average molecular weight is 125 g/mol. The van der Waals surface area contributed by atoms with Gasteiger partial charge in [0.25, 0.3) is 0 Å². The standard InChI is InChI=1S/C6H11N3/c1-8-6(4-9-7)5-2-3-5/h4-5H,2-3,7H2,1H3. The van der Waals surface area contributed by atoms with Gasteiger partial charge in [-0.05, 0) is 12.8 Å². The van der Waals surface area contributed by atoms with Crippen molar-refractivity contribution in [1.82, 2.24) is 0 Å². The lowest BCUT2D eigenvalue weighted by atomic mass is 10.3. The Kier molecular flexibility index (Phi) is 1.82. The number of rotatable bonds is 2. The largest absolute Gasteiger partial charge is 0.323 e. The van der Waals surface area contributed by atoms with Crippen LogP contribution in [0.1, 0.15) is 12.8 Å². The van der Waals surface area contributed by atoms with Crippen LogP contribution in [0.3, 0.4) is 0 Å². The summed E-state index contributed by atoms with van der Waals surface area (Å²) >= 11 is 0. The summed E-state index contributed by atoms with van der Waals surface area (Å²) in [5.41, 5.74) is 1.04. The molecule has 3 nitrogen and oxygen atoms in total. The molecule has 0 saturated heterocycles. The van der Waals surface area contributed by atoms with Crippen molar-refractivity contribution in [2.45, 2.75) is 12.8 Å². The van der Waals surface area contributed by atoms with Gasteiger partial charge in [-0.2, -0.15) is 5.10 Å². The van der Waals surface area contributed by atoms with Crippen molar-refractivity contribution in [1.29, 1.82) is 0 Å². The van der Waals surface area contributed by atoms with E-state index in [9.17, 15) is 0 Å². The van der Waals surface area contributed by atoms with Crippen LogP contribution in [-0.2, 0) is 0 Å². The summed E-state index contributed by atoms with van der Waals surface area (Å²) in [6.45, 7) is 0. The van der Waals surface area contributed by atoms with E-state index >= 15 is 0 Å². The third-order valence-corrected chi connectivity index (χ3v) is 1.46. The van der Waals surface area contributed by atoms with Crippen molar-refractivity contribution >= 4 is 11.9 Å². The number of nitrogens with two attached hydrogens (primary N) is 1. The Labute approximate surface area is 54.7 Å². The molecular formula is C6H11N3. The quantitative estimate of drug-likeness (QED) is 0.324. The Hall–Kier alpha value is -0.860. The van der Waals surface area contributed by atoms with E-state index in [1.807, 2.05) is 0 Å².